The van der Waals surface area contributed by atoms with Gasteiger partial charge >= 0.3 is 0 Å². The van der Waals surface area contributed by atoms with E-state index in [1.165, 1.54) is 0 Å². The molecular formula is C23H28N2O4. The first kappa shape index (κ1) is 20.9. The van der Waals surface area contributed by atoms with Crippen LogP contribution >= 0.6 is 0 Å². The van der Waals surface area contributed by atoms with Gasteiger partial charge < -0.3 is 19.7 Å². The van der Waals surface area contributed by atoms with Gasteiger partial charge in [0.15, 0.2) is 0 Å². The maximum atomic E-state index is 12.8. The summed E-state index contributed by atoms with van der Waals surface area (Å²) >= 11 is 0. The lowest BCUT2D eigenvalue weighted by molar-refractivity contribution is -0.142. The molecule has 29 heavy (non-hydrogen) atoms. The first-order chi connectivity index (χ1) is 14.1. The van der Waals surface area contributed by atoms with Gasteiger partial charge in [0.05, 0.1) is 20.3 Å². The molecule has 1 unspecified atom stereocenters. The molecule has 2 atom stereocenters. The van der Waals surface area contributed by atoms with Gasteiger partial charge in [-0.3, -0.25) is 9.59 Å². The van der Waals surface area contributed by atoms with Gasteiger partial charge in [0.2, 0.25) is 11.8 Å². The van der Waals surface area contributed by atoms with Crippen molar-refractivity contribution >= 4 is 11.8 Å². The zero-order chi connectivity index (χ0) is 20.6. The molecule has 0 bridgehead atoms. The van der Waals surface area contributed by atoms with Crippen LogP contribution in [0.15, 0.2) is 54.6 Å². The van der Waals surface area contributed by atoms with E-state index in [9.17, 15) is 9.59 Å². The van der Waals surface area contributed by atoms with Gasteiger partial charge in [0, 0.05) is 13.0 Å². The Balaban J connectivity index is 1.48. The monoisotopic (exact) mass is 396 g/mol. The van der Waals surface area contributed by atoms with E-state index >= 15 is 0 Å². The summed E-state index contributed by atoms with van der Waals surface area (Å²) in [6.07, 6.45) is 0.816. The lowest BCUT2D eigenvalue weighted by Crippen LogP contribution is -2.51. The number of rotatable bonds is 7. The first-order valence-corrected chi connectivity index (χ1v) is 9.94. The molecule has 0 spiro atoms. The van der Waals surface area contributed by atoms with Gasteiger partial charge in [-0.2, -0.15) is 0 Å². The fourth-order valence-electron chi connectivity index (χ4n) is 3.42. The van der Waals surface area contributed by atoms with E-state index in [1.54, 1.807) is 18.9 Å². The summed E-state index contributed by atoms with van der Waals surface area (Å²) in [7, 11) is 1.62. The highest BCUT2D eigenvalue weighted by Gasteiger charge is 2.28. The third-order valence-electron chi connectivity index (χ3n) is 5.10. The molecule has 0 aromatic heterocycles. The molecule has 6 nitrogen and oxygen atoms in total. The second-order valence-corrected chi connectivity index (χ2v) is 7.19. The van der Waals surface area contributed by atoms with Crippen molar-refractivity contribution in [3.63, 3.8) is 0 Å². The summed E-state index contributed by atoms with van der Waals surface area (Å²) in [6.45, 7) is 3.26. The van der Waals surface area contributed by atoms with Gasteiger partial charge in [-0.25, -0.2) is 0 Å². The van der Waals surface area contributed by atoms with Crippen molar-refractivity contribution in [1.29, 1.82) is 0 Å². The SMILES string of the molecule is COc1ccc(CCC(=O)N[C@H](C)C(=O)N2CCOC(c3ccccc3)C2)cc1. The topological polar surface area (TPSA) is 67.9 Å². The zero-order valence-electron chi connectivity index (χ0n) is 17.0. The van der Waals surface area contributed by atoms with Crippen LogP contribution in [0, 0.1) is 0 Å². The van der Waals surface area contributed by atoms with Crippen LogP contribution in [0.5, 0.6) is 5.75 Å². The van der Waals surface area contributed by atoms with Crippen LogP contribution in [-0.2, 0) is 20.7 Å². The van der Waals surface area contributed by atoms with Gasteiger partial charge in [-0.1, -0.05) is 42.5 Å². The quantitative estimate of drug-likeness (QED) is 0.781. The molecule has 1 aliphatic heterocycles. The van der Waals surface area contributed by atoms with Gasteiger partial charge in [0.1, 0.15) is 17.9 Å². The second kappa shape index (κ2) is 10.1. The van der Waals surface area contributed by atoms with Crippen molar-refractivity contribution in [3.8, 4) is 5.75 Å². The van der Waals surface area contributed by atoms with Gasteiger partial charge in [-0.15, -0.1) is 0 Å². The molecule has 2 aromatic carbocycles. The number of amides is 2. The standard InChI is InChI=1S/C23H28N2O4/c1-17(24-22(26)13-10-18-8-11-20(28-2)12-9-18)23(27)25-14-15-29-21(16-25)19-6-4-3-5-7-19/h3-9,11-12,17,21H,10,13-16H2,1-2H3,(H,24,26)/t17-,21?/m1/s1. The molecule has 1 heterocycles. The summed E-state index contributed by atoms with van der Waals surface area (Å²) in [5, 5.41) is 2.83. The molecule has 6 heteroatoms. The van der Waals surface area contributed by atoms with Crippen molar-refractivity contribution in [2.45, 2.75) is 31.9 Å². The van der Waals surface area contributed by atoms with Crippen LogP contribution in [0.25, 0.3) is 0 Å². The minimum atomic E-state index is -0.562. The number of benzene rings is 2. The predicted molar refractivity (Wildman–Crippen MR) is 111 cm³/mol. The Kier molecular flexibility index (Phi) is 7.25. The van der Waals surface area contributed by atoms with Crippen LogP contribution < -0.4 is 10.1 Å². The van der Waals surface area contributed by atoms with Crippen molar-refractivity contribution in [2.24, 2.45) is 0 Å². The normalized spacial score (nSPS) is 17.4. The van der Waals surface area contributed by atoms with Crippen LogP contribution in [-0.4, -0.2) is 49.6 Å². The van der Waals surface area contributed by atoms with E-state index in [2.05, 4.69) is 5.32 Å². The molecule has 0 aliphatic carbocycles. The molecule has 1 aliphatic rings. The summed E-state index contributed by atoms with van der Waals surface area (Å²) < 4.78 is 11.0. The van der Waals surface area contributed by atoms with Crippen molar-refractivity contribution in [3.05, 3.63) is 65.7 Å². The molecule has 154 valence electrons. The largest absolute Gasteiger partial charge is 0.497 e. The molecule has 2 amide bonds. The van der Waals surface area contributed by atoms with E-state index in [0.717, 1.165) is 16.9 Å². The number of methoxy groups -OCH3 is 1. The molecular weight excluding hydrogens is 368 g/mol. The molecule has 1 N–H and O–H groups in total. The van der Waals surface area contributed by atoms with E-state index in [-0.39, 0.29) is 17.9 Å². The van der Waals surface area contributed by atoms with Crippen molar-refractivity contribution < 1.29 is 19.1 Å². The van der Waals surface area contributed by atoms with E-state index < -0.39 is 6.04 Å². The number of hydrogen-bond donors (Lipinski definition) is 1. The Hall–Kier alpha value is -2.86. The van der Waals surface area contributed by atoms with E-state index in [0.29, 0.717) is 32.5 Å². The molecule has 1 fully saturated rings. The molecule has 1 saturated heterocycles. The third kappa shape index (κ3) is 5.81. The number of carbonyl (C=O) groups is 2. The maximum Gasteiger partial charge on any atom is 0.245 e. The number of nitrogens with zero attached hydrogens (tertiary/aromatic N) is 1. The van der Waals surface area contributed by atoms with Crippen LogP contribution in [0.1, 0.15) is 30.6 Å². The Morgan fingerprint density at radius 2 is 1.90 bits per heavy atom. The van der Waals surface area contributed by atoms with Gasteiger partial charge in [0.25, 0.3) is 0 Å². The van der Waals surface area contributed by atoms with Crippen molar-refractivity contribution in [1.82, 2.24) is 10.2 Å². The number of carbonyl (C=O) groups excluding carboxylic acids is 2. The number of morpholine rings is 1. The molecule has 0 saturated carbocycles. The Morgan fingerprint density at radius 3 is 2.59 bits per heavy atom. The molecule has 3 rings (SSSR count). The smallest absolute Gasteiger partial charge is 0.245 e. The van der Waals surface area contributed by atoms with Crippen molar-refractivity contribution in [2.75, 3.05) is 26.8 Å². The van der Waals surface area contributed by atoms with Crippen LogP contribution in [0.2, 0.25) is 0 Å². The minimum absolute atomic E-state index is 0.0768. The highest BCUT2D eigenvalue weighted by molar-refractivity contribution is 5.87. The second-order valence-electron chi connectivity index (χ2n) is 7.19. The van der Waals surface area contributed by atoms with Gasteiger partial charge in [-0.05, 0) is 36.6 Å². The van der Waals surface area contributed by atoms with Crippen LogP contribution in [0.4, 0.5) is 0 Å². The molecule has 2 aromatic rings. The number of aryl methyl sites for hydroxylation is 1. The summed E-state index contributed by atoms with van der Waals surface area (Å²) in [6, 6.07) is 17.0. The Bertz CT molecular complexity index is 807. The summed E-state index contributed by atoms with van der Waals surface area (Å²) in [4.78, 5) is 26.9. The third-order valence-corrected chi connectivity index (χ3v) is 5.10. The molecule has 0 radical (unpaired) electrons. The number of hydrogen-bond acceptors (Lipinski definition) is 4. The van der Waals surface area contributed by atoms with E-state index in [4.69, 9.17) is 9.47 Å². The number of nitrogens with one attached hydrogen (secondary N) is 1. The number of ether oxygens (including phenoxy) is 2. The highest BCUT2D eigenvalue weighted by Crippen LogP contribution is 2.22. The average Bonchev–Trinajstić information content (AvgIpc) is 2.78. The fraction of sp³-hybridized carbons (Fsp3) is 0.391. The van der Waals surface area contributed by atoms with E-state index in [1.807, 2.05) is 54.6 Å². The predicted octanol–water partition coefficient (Wildman–Crippen LogP) is 2.73. The van der Waals surface area contributed by atoms with Crippen LogP contribution in [0.3, 0.4) is 0 Å². The fourth-order valence-corrected chi connectivity index (χ4v) is 3.42. The Labute approximate surface area is 171 Å². The summed E-state index contributed by atoms with van der Waals surface area (Å²) in [5.41, 5.74) is 2.11. The lowest BCUT2D eigenvalue weighted by Gasteiger charge is -2.34. The lowest BCUT2D eigenvalue weighted by atomic mass is 10.1. The minimum Gasteiger partial charge on any atom is -0.497 e. The maximum absolute atomic E-state index is 12.8. The summed E-state index contributed by atoms with van der Waals surface area (Å²) in [5.74, 6) is 0.582. The Morgan fingerprint density at radius 1 is 1.17 bits per heavy atom. The first-order valence-electron chi connectivity index (χ1n) is 9.94. The zero-order valence-corrected chi connectivity index (χ0v) is 17.0. The highest BCUT2D eigenvalue weighted by atomic mass is 16.5. The average molecular weight is 396 g/mol.